The van der Waals surface area contributed by atoms with Crippen molar-refractivity contribution >= 4 is 27.4 Å². The highest BCUT2D eigenvalue weighted by Gasteiger charge is 2.45. The molecular weight excluding hydrogens is 691 g/mol. The Morgan fingerprint density at radius 3 is 2.57 bits per heavy atom. The van der Waals surface area contributed by atoms with Gasteiger partial charge in [0.2, 0.25) is 0 Å². The van der Waals surface area contributed by atoms with Gasteiger partial charge in [-0.1, -0.05) is 11.6 Å². The number of hydrogen-bond donors (Lipinski definition) is 0. The van der Waals surface area contributed by atoms with Gasteiger partial charge in [0, 0.05) is 67.7 Å². The summed E-state index contributed by atoms with van der Waals surface area (Å²) in [7, 11) is -0.266. The molecule has 1 aliphatic rings. The molecule has 2 aromatic heterocycles. The minimum Gasteiger partial charge on any atom is -0.497 e. The largest absolute Gasteiger partial charge is 0.497 e. The second kappa shape index (κ2) is 15.6. The zero-order chi connectivity index (χ0) is 35.2. The van der Waals surface area contributed by atoms with E-state index in [2.05, 4.69) is 15.1 Å². The molecule has 49 heavy (non-hydrogen) atoms. The van der Waals surface area contributed by atoms with Crippen molar-refractivity contribution in [1.29, 1.82) is 0 Å². The molecular formula is C32H35ClF3N5O7S. The Morgan fingerprint density at radius 1 is 1.04 bits per heavy atom. The lowest BCUT2D eigenvalue weighted by Crippen LogP contribution is -2.39. The summed E-state index contributed by atoms with van der Waals surface area (Å²) in [6.07, 6.45) is 1.81. The molecule has 5 rings (SSSR count). The van der Waals surface area contributed by atoms with Gasteiger partial charge in [0.05, 0.1) is 39.0 Å². The van der Waals surface area contributed by atoms with E-state index in [0.717, 1.165) is 22.8 Å². The predicted octanol–water partition coefficient (Wildman–Crippen LogP) is 5.85. The highest BCUT2D eigenvalue weighted by molar-refractivity contribution is 7.92. The fourth-order valence-electron chi connectivity index (χ4n) is 5.55. The summed E-state index contributed by atoms with van der Waals surface area (Å²) >= 11 is 6.52. The summed E-state index contributed by atoms with van der Waals surface area (Å²) in [4.78, 5) is 7.15. The Labute approximate surface area is 286 Å². The molecule has 0 saturated heterocycles. The molecule has 0 aliphatic heterocycles. The molecule has 12 nitrogen and oxygen atoms in total. The van der Waals surface area contributed by atoms with E-state index in [9.17, 15) is 17.2 Å². The number of aromatic nitrogens is 4. The monoisotopic (exact) mass is 725 g/mol. The fourth-order valence-corrected chi connectivity index (χ4v) is 7.30. The molecule has 1 saturated carbocycles. The number of hydrogen-bond acceptors (Lipinski definition) is 10. The summed E-state index contributed by atoms with van der Waals surface area (Å²) in [5, 5.41) is 3.96. The minimum atomic E-state index is -4.69. The van der Waals surface area contributed by atoms with Crippen molar-refractivity contribution in [1.82, 2.24) is 19.7 Å². The first-order valence-corrected chi connectivity index (χ1v) is 16.9. The third-order valence-corrected chi connectivity index (χ3v) is 10.1. The van der Waals surface area contributed by atoms with Crippen molar-refractivity contribution in [2.24, 2.45) is 0 Å². The molecule has 2 heterocycles. The van der Waals surface area contributed by atoms with Crippen LogP contribution in [0.5, 0.6) is 17.2 Å². The zero-order valence-electron chi connectivity index (χ0n) is 26.9. The highest BCUT2D eigenvalue weighted by atomic mass is 35.5. The fraction of sp³-hybridized carbons (Fsp3) is 0.406. The van der Waals surface area contributed by atoms with E-state index < -0.39 is 51.5 Å². The number of anilines is 1. The molecule has 4 aromatic rings. The first kappa shape index (κ1) is 36.2. The summed E-state index contributed by atoms with van der Waals surface area (Å²) in [5.74, 6) is -4.41. The number of ether oxygens (including phenoxy) is 5. The van der Waals surface area contributed by atoms with E-state index in [-0.39, 0.29) is 36.3 Å². The van der Waals surface area contributed by atoms with E-state index in [1.165, 1.54) is 44.5 Å². The highest BCUT2D eigenvalue weighted by Crippen LogP contribution is 2.44. The van der Waals surface area contributed by atoms with Crippen LogP contribution in [0, 0.1) is 5.82 Å². The molecule has 0 amide bonds. The lowest BCUT2D eigenvalue weighted by molar-refractivity contribution is -0.0788. The average molecular weight is 726 g/mol. The molecule has 1 aliphatic carbocycles. The van der Waals surface area contributed by atoms with Crippen LogP contribution in [0.25, 0.3) is 0 Å². The van der Waals surface area contributed by atoms with E-state index in [4.69, 9.17) is 35.3 Å². The van der Waals surface area contributed by atoms with Crippen molar-refractivity contribution in [2.75, 3.05) is 38.8 Å². The standard InChI is InChI=1S/C32H35ClF3N5O7S/c1-44-12-13-47-20-40-26(7-11-39-40)23-6-9-32(35,36)17-29(23)48-28-16-25(34)30(15-24(28)33)49(42,43)41(31-8-10-37-19-38-31)18-21-4-5-22(45-2)14-27(21)46-3/h4-5,7-8,10-11,14-16,19,23,29H,6,9,12-13,17-18,20H2,1-3H3/t23-,29+/m1/s1. The van der Waals surface area contributed by atoms with Gasteiger partial charge in [-0.15, -0.1) is 0 Å². The van der Waals surface area contributed by atoms with E-state index in [1.807, 2.05) is 0 Å². The molecule has 264 valence electrons. The second-order valence-electron chi connectivity index (χ2n) is 11.1. The molecule has 0 spiro atoms. The quantitative estimate of drug-likeness (QED) is 0.138. The van der Waals surface area contributed by atoms with Crippen molar-refractivity contribution in [3.8, 4) is 17.2 Å². The van der Waals surface area contributed by atoms with Gasteiger partial charge < -0.3 is 23.7 Å². The number of rotatable bonds is 15. The van der Waals surface area contributed by atoms with Gasteiger partial charge in [0.15, 0.2) is 0 Å². The summed E-state index contributed by atoms with van der Waals surface area (Å²) in [6.45, 7) is 0.396. The second-order valence-corrected chi connectivity index (χ2v) is 13.4. The van der Waals surface area contributed by atoms with Gasteiger partial charge in [0.25, 0.3) is 15.9 Å². The molecule has 0 N–H and O–H groups in total. The van der Waals surface area contributed by atoms with Gasteiger partial charge in [-0.2, -0.15) is 5.10 Å². The zero-order valence-corrected chi connectivity index (χ0v) is 28.5. The van der Waals surface area contributed by atoms with Crippen LogP contribution in [0.15, 0.2) is 66.1 Å². The van der Waals surface area contributed by atoms with Crippen molar-refractivity contribution in [3.05, 3.63) is 83.3 Å². The molecule has 1 fully saturated rings. The van der Waals surface area contributed by atoms with Crippen LogP contribution in [0.3, 0.4) is 0 Å². The predicted molar refractivity (Wildman–Crippen MR) is 172 cm³/mol. The Hall–Kier alpha value is -4.12. The number of alkyl halides is 2. The lowest BCUT2D eigenvalue weighted by atomic mass is 9.82. The molecule has 0 radical (unpaired) electrons. The first-order chi connectivity index (χ1) is 23.5. The van der Waals surface area contributed by atoms with Gasteiger partial charge in [0.1, 0.15) is 52.9 Å². The van der Waals surface area contributed by atoms with Gasteiger partial charge in [-0.3, -0.25) is 0 Å². The van der Waals surface area contributed by atoms with E-state index in [0.29, 0.717) is 36.0 Å². The van der Waals surface area contributed by atoms with Gasteiger partial charge >= 0.3 is 0 Å². The maximum absolute atomic E-state index is 15.9. The number of methoxy groups -OCH3 is 3. The molecule has 0 unspecified atom stereocenters. The molecule has 2 atom stereocenters. The first-order valence-electron chi connectivity index (χ1n) is 15.1. The lowest BCUT2D eigenvalue weighted by Gasteiger charge is -2.36. The Kier molecular flexibility index (Phi) is 11.5. The van der Waals surface area contributed by atoms with Crippen LogP contribution in [-0.2, 0) is 32.8 Å². The molecule has 17 heteroatoms. The summed E-state index contributed by atoms with van der Waals surface area (Å²) in [6, 6.07) is 9.52. The van der Waals surface area contributed by atoms with Crippen LogP contribution in [0.2, 0.25) is 5.02 Å². The van der Waals surface area contributed by atoms with Crippen LogP contribution in [0.1, 0.15) is 36.4 Å². The minimum absolute atomic E-state index is 0.0384. The van der Waals surface area contributed by atoms with Gasteiger partial charge in [-0.25, -0.2) is 40.5 Å². The third kappa shape index (κ3) is 8.37. The van der Waals surface area contributed by atoms with Crippen LogP contribution < -0.4 is 18.5 Å². The van der Waals surface area contributed by atoms with Crippen LogP contribution in [0.4, 0.5) is 19.0 Å². The van der Waals surface area contributed by atoms with Crippen molar-refractivity contribution in [2.45, 2.75) is 55.4 Å². The topological polar surface area (TPSA) is 127 Å². The third-order valence-electron chi connectivity index (χ3n) is 8.01. The van der Waals surface area contributed by atoms with E-state index in [1.54, 1.807) is 24.3 Å². The SMILES string of the molecule is COCCOCn1nccc1[C@H]1CCC(F)(F)C[C@@H]1Oc1cc(F)c(S(=O)(=O)N(Cc2ccc(OC)cc2OC)c2ccncn2)cc1Cl. The summed E-state index contributed by atoms with van der Waals surface area (Å²) < 4.78 is 103. The number of halogens is 4. The Morgan fingerprint density at radius 2 is 1.86 bits per heavy atom. The van der Waals surface area contributed by atoms with Crippen LogP contribution in [-0.4, -0.2) is 74.7 Å². The number of nitrogens with zero attached hydrogens (tertiary/aromatic N) is 5. The van der Waals surface area contributed by atoms with Crippen molar-refractivity contribution in [3.63, 3.8) is 0 Å². The van der Waals surface area contributed by atoms with E-state index >= 15 is 4.39 Å². The normalized spacial score (nSPS) is 17.4. The number of sulfonamides is 1. The smallest absolute Gasteiger partial charge is 0.268 e. The maximum atomic E-state index is 15.9. The molecule has 2 aromatic carbocycles. The Balaban J connectivity index is 1.46. The summed E-state index contributed by atoms with van der Waals surface area (Å²) in [5.41, 5.74) is 1.01. The molecule has 0 bridgehead atoms. The average Bonchev–Trinajstić information content (AvgIpc) is 3.55. The van der Waals surface area contributed by atoms with Crippen LogP contribution >= 0.6 is 11.6 Å². The van der Waals surface area contributed by atoms with Gasteiger partial charge in [-0.05, 0) is 30.7 Å². The Bertz CT molecular complexity index is 1840. The maximum Gasteiger partial charge on any atom is 0.268 e. The van der Waals surface area contributed by atoms with Crippen molar-refractivity contribution < 1.29 is 45.3 Å². The number of benzene rings is 2.